The molecule has 1 N–H and O–H groups in total. The first-order valence-corrected chi connectivity index (χ1v) is 8.27. The average molecular weight is 356 g/mol. The Balaban J connectivity index is 1.73. The van der Waals surface area contributed by atoms with Gasteiger partial charge in [-0.15, -0.1) is 0 Å². The molecule has 2 aromatic rings. The van der Waals surface area contributed by atoms with Crippen molar-refractivity contribution in [3.8, 4) is 0 Å². The Bertz CT molecular complexity index is 830. The van der Waals surface area contributed by atoms with Crippen LogP contribution in [0.3, 0.4) is 0 Å². The number of carbonyl (C=O) groups is 2. The molecule has 0 atom stereocenters. The zero-order chi connectivity index (χ0) is 18.0. The number of anilines is 1. The normalized spacial score (nSPS) is 15.9. The van der Waals surface area contributed by atoms with Gasteiger partial charge in [0.05, 0.1) is 0 Å². The Kier molecular flexibility index (Phi) is 4.59. The number of nitrogens with one attached hydrogen (secondary N) is 1. The summed E-state index contributed by atoms with van der Waals surface area (Å²) in [5.41, 5.74) is 0.980. The van der Waals surface area contributed by atoms with Crippen molar-refractivity contribution in [1.82, 2.24) is 4.90 Å². The summed E-state index contributed by atoms with van der Waals surface area (Å²) in [6.07, 6.45) is 0. The van der Waals surface area contributed by atoms with Gasteiger partial charge >= 0.3 is 0 Å². The number of benzene rings is 2. The second-order valence-electron chi connectivity index (χ2n) is 6.27. The molecule has 25 heavy (non-hydrogen) atoms. The smallest absolute Gasteiger partial charge is 0.275 e. The Hall–Kier alpha value is -2.66. The van der Waals surface area contributed by atoms with Crippen LogP contribution in [0.25, 0.3) is 0 Å². The van der Waals surface area contributed by atoms with Gasteiger partial charge in [0.2, 0.25) is 5.91 Å². The summed E-state index contributed by atoms with van der Waals surface area (Å²) in [4.78, 5) is 31.1. The van der Waals surface area contributed by atoms with Crippen LogP contribution >= 0.6 is 11.6 Å². The summed E-state index contributed by atoms with van der Waals surface area (Å²) in [5.74, 6) is -0.532. The molecule has 0 saturated carbocycles. The van der Waals surface area contributed by atoms with Crippen LogP contribution in [0, 0.1) is 0 Å². The largest absolute Gasteiger partial charge is 0.325 e. The summed E-state index contributed by atoms with van der Waals surface area (Å²) < 4.78 is 0. The molecule has 0 unspecified atom stereocenters. The summed E-state index contributed by atoms with van der Waals surface area (Å²) in [6.45, 7) is 3.56. The number of halogens is 1. The Morgan fingerprint density at radius 3 is 2.40 bits per heavy atom. The Morgan fingerprint density at radius 2 is 1.76 bits per heavy atom. The molecule has 0 bridgehead atoms. The molecule has 0 spiro atoms. The predicted molar refractivity (Wildman–Crippen MR) is 98.9 cm³/mol. The topological polar surface area (TPSA) is 61.8 Å². The summed E-state index contributed by atoms with van der Waals surface area (Å²) >= 11 is 5.84. The van der Waals surface area contributed by atoms with Crippen molar-refractivity contribution >= 4 is 34.8 Å². The van der Waals surface area contributed by atoms with E-state index in [1.54, 1.807) is 24.3 Å². The third kappa shape index (κ3) is 3.72. The molecule has 2 aromatic carbocycles. The quantitative estimate of drug-likeness (QED) is 0.914. The van der Waals surface area contributed by atoms with Crippen LogP contribution in [-0.2, 0) is 9.59 Å². The molecule has 5 nitrogen and oxygen atoms in total. The zero-order valence-corrected chi connectivity index (χ0v) is 14.7. The molecule has 0 saturated heterocycles. The van der Waals surface area contributed by atoms with Crippen LogP contribution in [0.5, 0.6) is 0 Å². The first-order chi connectivity index (χ1) is 11.9. The van der Waals surface area contributed by atoms with E-state index in [0.717, 1.165) is 5.56 Å². The maximum atomic E-state index is 12.8. The number of amides is 2. The maximum absolute atomic E-state index is 12.8. The molecule has 0 radical (unpaired) electrons. The van der Waals surface area contributed by atoms with E-state index in [-0.39, 0.29) is 18.4 Å². The van der Waals surface area contributed by atoms with Gasteiger partial charge < -0.3 is 10.2 Å². The molecule has 3 rings (SSSR count). The monoisotopic (exact) mass is 355 g/mol. The second kappa shape index (κ2) is 6.69. The van der Waals surface area contributed by atoms with Gasteiger partial charge in [-0.3, -0.25) is 14.6 Å². The molecule has 6 heteroatoms. The van der Waals surface area contributed by atoms with Crippen molar-refractivity contribution in [3.05, 3.63) is 65.2 Å². The van der Waals surface area contributed by atoms with Crippen molar-refractivity contribution in [3.63, 3.8) is 0 Å². The fourth-order valence-electron chi connectivity index (χ4n) is 2.68. The van der Waals surface area contributed by atoms with Crippen LogP contribution < -0.4 is 5.32 Å². The van der Waals surface area contributed by atoms with Crippen molar-refractivity contribution in [2.45, 2.75) is 19.5 Å². The van der Waals surface area contributed by atoms with Gasteiger partial charge in [0.25, 0.3) is 5.91 Å². The molecular formula is C19H18ClN3O2. The summed E-state index contributed by atoms with van der Waals surface area (Å²) in [7, 11) is 0. The minimum Gasteiger partial charge on any atom is -0.325 e. The maximum Gasteiger partial charge on any atom is 0.275 e. The fourth-order valence-corrected chi connectivity index (χ4v) is 2.81. The minimum absolute atomic E-state index is 0.0751. The lowest BCUT2D eigenvalue weighted by atomic mass is 10.1. The van der Waals surface area contributed by atoms with E-state index in [9.17, 15) is 9.59 Å². The lowest BCUT2D eigenvalue weighted by molar-refractivity contribution is -0.131. The standard InChI is InChI=1S/C19H18ClN3O2/c1-19(2)22-17(13-6-4-3-5-7-13)18(25)23(19)12-16(24)21-15-10-8-14(20)9-11-15/h3-11H,12H2,1-2H3,(H,21,24). The molecule has 1 heterocycles. The van der Waals surface area contributed by atoms with Gasteiger partial charge in [-0.1, -0.05) is 41.9 Å². The molecule has 0 fully saturated rings. The minimum atomic E-state index is -0.778. The van der Waals surface area contributed by atoms with Gasteiger partial charge in [0.1, 0.15) is 17.9 Å². The highest BCUT2D eigenvalue weighted by atomic mass is 35.5. The highest BCUT2D eigenvalue weighted by molar-refractivity contribution is 6.47. The average Bonchev–Trinajstić information content (AvgIpc) is 2.81. The molecule has 1 aliphatic heterocycles. The number of hydrogen-bond donors (Lipinski definition) is 1. The van der Waals surface area contributed by atoms with Crippen LogP contribution in [0.1, 0.15) is 19.4 Å². The van der Waals surface area contributed by atoms with E-state index in [2.05, 4.69) is 10.3 Å². The number of rotatable bonds is 4. The molecule has 0 aliphatic carbocycles. The first kappa shape index (κ1) is 17.2. The molecule has 1 aliphatic rings. The highest BCUT2D eigenvalue weighted by Crippen LogP contribution is 2.26. The Labute approximate surface area is 151 Å². The van der Waals surface area contributed by atoms with Crippen molar-refractivity contribution in [2.24, 2.45) is 4.99 Å². The molecular weight excluding hydrogens is 338 g/mol. The summed E-state index contributed by atoms with van der Waals surface area (Å²) in [5, 5.41) is 3.36. The number of hydrogen-bond acceptors (Lipinski definition) is 3. The van der Waals surface area contributed by atoms with Crippen LogP contribution in [0.15, 0.2) is 59.6 Å². The third-order valence-electron chi connectivity index (χ3n) is 3.97. The van der Waals surface area contributed by atoms with E-state index in [1.807, 2.05) is 44.2 Å². The predicted octanol–water partition coefficient (Wildman–Crippen LogP) is 3.35. The zero-order valence-electron chi connectivity index (χ0n) is 14.0. The van der Waals surface area contributed by atoms with E-state index >= 15 is 0 Å². The van der Waals surface area contributed by atoms with E-state index in [0.29, 0.717) is 16.4 Å². The van der Waals surface area contributed by atoms with Crippen molar-refractivity contribution < 1.29 is 9.59 Å². The van der Waals surface area contributed by atoms with E-state index in [1.165, 1.54) is 4.90 Å². The van der Waals surface area contributed by atoms with Crippen LogP contribution in [0.2, 0.25) is 5.02 Å². The molecule has 128 valence electrons. The van der Waals surface area contributed by atoms with E-state index in [4.69, 9.17) is 11.6 Å². The third-order valence-corrected chi connectivity index (χ3v) is 4.22. The lowest BCUT2D eigenvalue weighted by Gasteiger charge is -2.28. The highest BCUT2D eigenvalue weighted by Gasteiger charge is 2.41. The van der Waals surface area contributed by atoms with Crippen molar-refractivity contribution in [1.29, 1.82) is 0 Å². The molecule has 0 aromatic heterocycles. The summed E-state index contributed by atoms with van der Waals surface area (Å²) in [6, 6.07) is 16.1. The first-order valence-electron chi connectivity index (χ1n) is 7.89. The van der Waals surface area contributed by atoms with Gasteiger partial charge in [-0.05, 0) is 38.1 Å². The van der Waals surface area contributed by atoms with Gasteiger partial charge in [0, 0.05) is 16.3 Å². The van der Waals surface area contributed by atoms with E-state index < -0.39 is 5.66 Å². The Morgan fingerprint density at radius 1 is 1.12 bits per heavy atom. The number of aliphatic imine (C=N–C) groups is 1. The van der Waals surface area contributed by atoms with Crippen LogP contribution in [-0.4, -0.2) is 34.6 Å². The van der Waals surface area contributed by atoms with Gasteiger partial charge in [-0.25, -0.2) is 0 Å². The number of carbonyl (C=O) groups excluding carboxylic acids is 2. The van der Waals surface area contributed by atoms with Crippen molar-refractivity contribution in [2.75, 3.05) is 11.9 Å². The SMILES string of the molecule is CC1(C)N=C(c2ccccc2)C(=O)N1CC(=O)Nc1ccc(Cl)cc1. The van der Waals surface area contributed by atoms with Crippen LogP contribution in [0.4, 0.5) is 5.69 Å². The van der Waals surface area contributed by atoms with Gasteiger partial charge in [0.15, 0.2) is 0 Å². The van der Waals surface area contributed by atoms with Gasteiger partial charge in [-0.2, -0.15) is 0 Å². The number of nitrogens with zero attached hydrogens (tertiary/aromatic N) is 2. The molecule has 2 amide bonds. The second-order valence-corrected chi connectivity index (χ2v) is 6.70. The lowest BCUT2D eigenvalue weighted by Crippen LogP contribution is -2.46. The fraction of sp³-hybridized carbons (Fsp3) is 0.211.